The second-order valence-corrected chi connectivity index (χ2v) is 7.37. The highest BCUT2D eigenvalue weighted by Gasteiger charge is 2.25. The van der Waals surface area contributed by atoms with E-state index in [0.29, 0.717) is 24.4 Å². The molecule has 1 aromatic carbocycles. The van der Waals surface area contributed by atoms with E-state index >= 15 is 0 Å². The van der Waals surface area contributed by atoms with Crippen LogP contribution in [0.2, 0.25) is 0 Å². The highest BCUT2D eigenvalue weighted by Crippen LogP contribution is 2.18. The van der Waals surface area contributed by atoms with Crippen LogP contribution in [0, 0.1) is 20.8 Å². The van der Waals surface area contributed by atoms with Crippen molar-refractivity contribution in [3.05, 3.63) is 53.0 Å². The molecule has 0 saturated carbocycles. The van der Waals surface area contributed by atoms with Crippen LogP contribution in [0.5, 0.6) is 0 Å². The fourth-order valence-electron chi connectivity index (χ4n) is 3.37. The number of hydrogen-bond donors (Lipinski definition) is 1. The van der Waals surface area contributed by atoms with Gasteiger partial charge in [-0.2, -0.15) is 0 Å². The average molecular weight is 384 g/mol. The van der Waals surface area contributed by atoms with E-state index in [1.54, 1.807) is 17.9 Å². The molecule has 0 spiro atoms. The second kappa shape index (κ2) is 9.06. The molecule has 2 amide bonds. The van der Waals surface area contributed by atoms with Crippen LogP contribution in [0.1, 0.15) is 46.5 Å². The maximum Gasteiger partial charge on any atom is 0.257 e. The lowest BCUT2D eigenvalue weighted by Crippen LogP contribution is -2.39. The fourth-order valence-corrected chi connectivity index (χ4v) is 3.37. The smallest absolute Gasteiger partial charge is 0.257 e. The number of rotatable bonds is 7. The summed E-state index contributed by atoms with van der Waals surface area (Å²) < 4.78 is 11.0. The third-order valence-corrected chi connectivity index (χ3v) is 5.22. The van der Waals surface area contributed by atoms with Gasteiger partial charge in [0.15, 0.2) is 0 Å². The Morgan fingerprint density at radius 2 is 2.00 bits per heavy atom. The van der Waals surface area contributed by atoms with Gasteiger partial charge in [-0.1, -0.05) is 6.07 Å². The zero-order chi connectivity index (χ0) is 20.1. The van der Waals surface area contributed by atoms with Crippen LogP contribution >= 0.6 is 0 Å². The highest BCUT2D eigenvalue weighted by atomic mass is 16.5. The first-order valence-electron chi connectivity index (χ1n) is 9.76. The normalized spacial score (nSPS) is 16.2. The summed E-state index contributed by atoms with van der Waals surface area (Å²) >= 11 is 0. The Balaban J connectivity index is 1.63. The molecule has 0 aliphatic carbocycles. The van der Waals surface area contributed by atoms with E-state index in [1.165, 1.54) is 11.8 Å². The van der Waals surface area contributed by atoms with Gasteiger partial charge in [0.2, 0.25) is 5.91 Å². The summed E-state index contributed by atoms with van der Waals surface area (Å²) in [6, 6.07) is 7.51. The van der Waals surface area contributed by atoms with E-state index in [2.05, 4.69) is 5.32 Å². The van der Waals surface area contributed by atoms with Crippen molar-refractivity contribution in [2.24, 2.45) is 0 Å². The van der Waals surface area contributed by atoms with Crippen molar-refractivity contribution in [2.75, 3.05) is 25.0 Å². The average Bonchev–Trinajstić information content (AvgIpc) is 3.32. The molecule has 150 valence electrons. The molecular formula is C22H28N2O4. The number of carbonyl (C=O) groups is 2. The number of anilines is 1. The van der Waals surface area contributed by atoms with E-state index < -0.39 is 0 Å². The van der Waals surface area contributed by atoms with Crippen molar-refractivity contribution in [1.82, 2.24) is 4.90 Å². The SMILES string of the molecule is Cc1ccc(NC(=O)CCN(CC2CCCO2)C(=O)c2ccoc2C)cc1C. The van der Waals surface area contributed by atoms with Crippen LogP contribution in [0.25, 0.3) is 0 Å². The quantitative estimate of drug-likeness (QED) is 0.787. The Kier molecular flexibility index (Phi) is 6.52. The van der Waals surface area contributed by atoms with Gasteiger partial charge in [-0.25, -0.2) is 0 Å². The zero-order valence-electron chi connectivity index (χ0n) is 16.8. The van der Waals surface area contributed by atoms with E-state index in [-0.39, 0.29) is 24.3 Å². The van der Waals surface area contributed by atoms with Gasteiger partial charge < -0.3 is 19.4 Å². The molecule has 1 atom stereocenters. The molecule has 1 N–H and O–H groups in total. The standard InChI is InChI=1S/C22H28N2O4/c1-15-6-7-18(13-16(15)2)23-21(25)8-10-24(14-19-5-4-11-28-19)22(26)20-9-12-27-17(20)3/h6-7,9,12-13,19H,4-5,8,10-11,14H2,1-3H3,(H,23,25). The molecule has 6 heteroatoms. The van der Waals surface area contributed by atoms with Gasteiger partial charge in [-0.3, -0.25) is 9.59 Å². The van der Waals surface area contributed by atoms with Crippen LogP contribution in [0.4, 0.5) is 5.69 Å². The first-order chi connectivity index (χ1) is 13.4. The summed E-state index contributed by atoms with van der Waals surface area (Å²) in [5.41, 5.74) is 3.62. The predicted octanol–water partition coefficient (Wildman–Crippen LogP) is 3.85. The van der Waals surface area contributed by atoms with Gasteiger partial charge in [0.25, 0.3) is 5.91 Å². The molecule has 1 saturated heterocycles. The van der Waals surface area contributed by atoms with Gasteiger partial charge in [0.1, 0.15) is 5.76 Å². The monoisotopic (exact) mass is 384 g/mol. The molecule has 1 aliphatic heterocycles. The van der Waals surface area contributed by atoms with Gasteiger partial charge >= 0.3 is 0 Å². The third kappa shape index (κ3) is 5.01. The maximum atomic E-state index is 12.9. The van der Waals surface area contributed by atoms with Gasteiger partial charge in [0, 0.05) is 31.8 Å². The predicted molar refractivity (Wildman–Crippen MR) is 107 cm³/mol. The largest absolute Gasteiger partial charge is 0.469 e. The number of benzene rings is 1. The number of nitrogens with zero attached hydrogens (tertiary/aromatic N) is 1. The van der Waals surface area contributed by atoms with Crippen molar-refractivity contribution < 1.29 is 18.7 Å². The molecule has 6 nitrogen and oxygen atoms in total. The highest BCUT2D eigenvalue weighted by molar-refractivity contribution is 5.96. The summed E-state index contributed by atoms with van der Waals surface area (Å²) in [5, 5.41) is 2.92. The molecule has 0 radical (unpaired) electrons. The van der Waals surface area contributed by atoms with E-state index in [4.69, 9.17) is 9.15 Å². The van der Waals surface area contributed by atoms with Crippen molar-refractivity contribution in [3.8, 4) is 0 Å². The molecule has 2 aromatic rings. The van der Waals surface area contributed by atoms with E-state index in [9.17, 15) is 9.59 Å². The zero-order valence-corrected chi connectivity index (χ0v) is 16.8. The molecule has 28 heavy (non-hydrogen) atoms. The van der Waals surface area contributed by atoms with Crippen LogP contribution in [0.3, 0.4) is 0 Å². The summed E-state index contributed by atoms with van der Waals surface area (Å²) in [7, 11) is 0. The minimum atomic E-state index is -0.124. The molecule has 0 bridgehead atoms. The summed E-state index contributed by atoms with van der Waals surface area (Å²) in [6.45, 7) is 7.36. The van der Waals surface area contributed by atoms with E-state index in [1.807, 2.05) is 32.0 Å². The molecule has 3 rings (SSSR count). The number of amides is 2. The Hall–Kier alpha value is -2.60. The first kappa shape index (κ1) is 20.1. The fraction of sp³-hybridized carbons (Fsp3) is 0.455. The summed E-state index contributed by atoms with van der Waals surface area (Å²) in [6.07, 6.45) is 3.70. The number of furan rings is 1. The van der Waals surface area contributed by atoms with Crippen molar-refractivity contribution >= 4 is 17.5 Å². The van der Waals surface area contributed by atoms with Crippen LogP contribution in [0.15, 0.2) is 34.9 Å². The summed E-state index contributed by atoms with van der Waals surface area (Å²) in [5.74, 6) is 0.347. The molecule has 1 aliphatic rings. The molecule has 1 fully saturated rings. The van der Waals surface area contributed by atoms with Crippen LogP contribution < -0.4 is 5.32 Å². The van der Waals surface area contributed by atoms with Crippen molar-refractivity contribution in [3.63, 3.8) is 0 Å². The molecular weight excluding hydrogens is 356 g/mol. The lowest BCUT2D eigenvalue weighted by molar-refractivity contribution is -0.116. The number of nitrogens with one attached hydrogen (secondary N) is 1. The number of hydrogen-bond acceptors (Lipinski definition) is 4. The van der Waals surface area contributed by atoms with Crippen molar-refractivity contribution in [1.29, 1.82) is 0 Å². The minimum absolute atomic E-state index is 0.0268. The van der Waals surface area contributed by atoms with Crippen LogP contribution in [-0.2, 0) is 9.53 Å². The molecule has 1 aromatic heterocycles. The molecule has 2 heterocycles. The Morgan fingerprint density at radius 3 is 2.64 bits per heavy atom. The minimum Gasteiger partial charge on any atom is -0.469 e. The Bertz CT molecular complexity index is 837. The van der Waals surface area contributed by atoms with Gasteiger partial charge in [0.05, 0.1) is 17.9 Å². The summed E-state index contributed by atoms with van der Waals surface area (Å²) in [4.78, 5) is 27.1. The second-order valence-electron chi connectivity index (χ2n) is 7.37. The number of ether oxygens (including phenoxy) is 1. The molecule has 1 unspecified atom stereocenters. The number of carbonyl (C=O) groups excluding carboxylic acids is 2. The Morgan fingerprint density at radius 1 is 1.18 bits per heavy atom. The van der Waals surface area contributed by atoms with Crippen LogP contribution in [-0.4, -0.2) is 42.5 Å². The van der Waals surface area contributed by atoms with Gasteiger partial charge in [-0.05, 0) is 62.9 Å². The topological polar surface area (TPSA) is 71.8 Å². The number of aryl methyl sites for hydroxylation is 3. The van der Waals surface area contributed by atoms with Gasteiger partial charge in [-0.15, -0.1) is 0 Å². The first-order valence-corrected chi connectivity index (χ1v) is 9.76. The van der Waals surface area contributed by atoms with Crippen molar-refractivity contribution in [2.45, 2.75) is 46.1 Å². The Labute approximate surface area is 165 Å². The lowest BCUT2D eigenvalue weighted by Gasteiger charge is -2.25. The maximum absolute atomic E-state index is 12.9. The van der Waals surface area contributed by atoms with E-state index in [0.717, 1.165) is 30.7 Å². The third-order valence-electron chi connectivity index (χ3n) is 5.22. The lowest BCUT2D eigenvalue weighted by atomic mass is 10.1.